The van der Waals surface area contributed by atoms with Crippen molar-refractivity contribution in [1.29, 1.82) is 0 Å². The third-order valence-electron chi connectivity index (χ3n) is 5.22. The van der Waals surface area contributed by atoms with Gasteiger partial charge in [-0.05, 0) is 38.3 Å². The molecule has 2 heterocycles. The van der Waals surface area contributed by atoms with Gasteiger partial charge in [-0.1, -0.05) is 30.3 Å². The summed E-state index contributed by atoms with van der Waals surface area (Å²) in [7, 11) is 0. The zero-order chi connectivity index (χ0) is 14.0. The van der Waals surface area contributed by atoms with Gasteiger partial charge >= 0.3 is 0 Å². The van der Waals surface area contributed by atoms with Crippen molar-refractivity contribution in [2.75, 3.05) is 32.7 Å². The predicted molar refractivity (Wildman–Crippen MR) is 83.8 cm³/mol. The number of rotatable bonds is 4. The van der Waals surface area contributed by atoms with Crippen molar-refractivity contribution < 1.29 is 0 Å². The summed E-state index contributed by atoms with van der Waals surface area (Å²) >= 11 is 0. The largest absolute Gasteiger partial charge is 0.329 e. The Labute approximate surface area is 122 Å². The molecule has 1 aromatic rings. The lowest BCUT2D eigenvalue weighted by atomic mass is 9.89. The van der Waals surface area contributed by atoms with Crippen molar-refractivity contribution in [3.8, 4) is 0 Å². The first-order valence-corrected chi connectivity index (χ1v) is 7.94. The van der Waals surface area contributed by atoms with E-state index >= 15 is 0 Å². The molecule has 2 aliphatic rings. The lowest BCUT2D eigenvalue weighted by molar-refractivity contribution is 0.0273. The molecule has 3 nitrogen and oxygen atoms in total. The van der Waals surface area contributed by atoms with Gasteiger partial charge in [0.15, 0.2) is 0 Å². The Morgan fingerprint density at radius 2 is 2.00 bits per heavy atom. The van der Waals surface area contributed by atoms with Crippen molar-refractivity contribution in [1.82, 2.24) is 9.80 Å². The molecule has 2 unspecified atom stereocenters. The van der Waals surface area contributed by atoms with Crippen molar-refractivity contribution >= 4 is 0 Å². The quantitative estimate of drug-likeness (QED) is 0.907. The number of hydrogen-bond donors (Lipinski definition) is 1. The normalized spacial score (nSPS) is 27.2. The molecule has 3 rings (SSSR count). The van der Waals surface area contributed by atoms with Crippen LogP contribution in [-0.4, -0.2) is 54.1 Å². The van der Waals surface area contributed by atoms with E-state index in [0.29, 0.717) is 0 Å². The third kappa shape index (κ3) is 2.76. The van der Waals surface area contributed by atoms with Gasteiger partial charge in [0.05, 0.1) is 0 Å². The average molecular weight is 273 g/mol. The maximum absolute atomic E-state index is 6.17. The second-order valence-electron chi connectivity index (χ2n) is 6.64. The van der Waals surface area contributed by atoms with Crippen LogP contribution in [0.25, 0.3) is 0 Å². The second-order valence-corrected chi connectivity index (χ2v) is 6.64. The minimum atomic E-state index is 0.0933. The zero-order valence-electron chi connectivity index (χ0n) is 12.6. The molecule has 0 aliphatic carbocycles. The van der Waals surface area contributed by atoms with Gasteiger partial charge in [0.25, 0.3) is 0 Å². The molecule has 0 spiro atoms. The van der Waals surface area contributed by atoms with Crippen LogP contribution < -0.4 is 5.73 Å². The number of piperazine rings is 1. The first kappa shape index (κ1) is 14.1. The zero-order valence-corrected chi connectivity index (χ0v) is 12.6. The van der Waals surface area contributed by atoms with Gasteiger partial charge in [-0.3, -0.25) is 9.80 Å². The summed E-state index contributed by atoms with van der Waals surface area (Å²) in [5.74, 6) is 0. The van der Waals surface area contributed by atoms with Gasteiger partial charge in [0.1, 0.15) is 0 Å². The topological polar surface area (TPSA) is 32.5 Å². The molecule has 2 N–H and O–H groups in total. The van der Waals surface area contributed by atoms with Crippen LogP contribution in [0.1, 0.15) is 25.3 Å². The van der Waals surface area contributed by atoms with E-state index in [2.05, 4.69) is 47.1 Å². The highest BCUT2D eigenvalue weighted by Gasteiger charge is 2.38. The number of fused-ring (bicyclic) bond motifs is 1. The Hall–Kier alpha value is -0.900. The Morgan fingerprint density at radius 3 is 2.75 bits per heavy atom. The van der Waals surface area contributed by atoms with Gasteiger partial charge < -0.3 is 5.73 Å². The van der Waals surface area contributed by atoms with E-state index in [1.165, 1.54) is 38.0 Å². The highest BCUT2D eigenvalue weighted by atomic mass is 15.3. The van der Waals surface area contributed by atoms with Crippen LogP contribution in [0, 0.1) is 0 Å². The third-order valence-corrected chi connectivity index (χ3v) is 5.22. The Bertz CT molecular complexity index is 433. The van der Waals surface area contributed by atoms with Crippen LogP contribution in [-0.2, 0) is 6.42 Å². The van der Waals surface area contributed by atoms with Crippen LogP contribution in [0.4, 0.5) is 0 Å². The fourth-order valence-electron chi connectivity index (χ4n) is 3.83. The van der Waals surface area contributed by atoms with Crippen molar-refractivity contribution in [3.05, 3.63) is 35.9 Å². The molecule has 0 radical (unpaired) electrons. The number of benzene rings is 1. The second kappa shape index (κ2) is 5.84. The molecule has 2 fully saturated rings. The lowest BCUT2D eigenvalue weighted by Gasteiger charge is -2.47. The smallest absolute Gasteiger partial charge is 0.0345 e. The SMILES string of the molecule is CC(CN)(Cc1ccccc1)N1CCN2CCCC2C1. The first-order valence-electron chi connectivity index (χ1n) is 7.94. The highest BCUT2D eigenvalue weighted by Crippen LogP contribution is 2.28. The molecule has 20 heavy (non-hydrogen) atoms. The average Bonchev–Trinajstić information content (AvgIpc) is 2.95. The van der Waals surface area contributed by atoms with Crippen LogP contribution in [0.15, 0.2) is 30.3 Å². The molecule has 2 aliphatic heterocycles. The molecule has 0 bridgehead atoms. The maximum atomic E-state index is 6.17. The van der Waals surface area contributed by atoms with Crippen molar-refractivity contribution in [2.24, 2.45) is 5.73 Å². The molecule has 2 saturated heterocycles. The summed E-state index contributed by atoms with van der Waals surface area (Å²) in [6.45, 7) is 7.95. The standard InChI is InChI=1S/C17H27N3/c1-17(14-18,12-15-6-3-2-4-7-15)20-11-10-19-9-5-8-16(19)13-20/h2-4,6-7,16H,5,8-14,18H2,1H3. The van der Waals surface area contributed by atoms with Crippen LogP contribution in [0.3, 0.4) is 0 Å². The maximum Gasteiger partial charge on any atom is 0.0345 e. The van der Waals surface area contributed by atoms with E-state index in [0.717, 1.165) is 25.6 Å². The van der Waals surface area contributed by atoms with Gasteiger partial charge in [-0.25, -0.2) is 0 Å². The number of hydrogen-bond acceptors (Lipinski definition) is 3. The van der Waals surface area contributed by atoms with E-state index in [9.17, 15) is 0 Å². The number of nitrogens with two attached hydrogens (primary N) is 1. The minimum Gasteiger partial charge on any atom is -0.329 e. The molecule has 0 amide bonds. The first-order chi connectivity index (χ1) is 9.71. The van der Waals surface area contributed by atoms with E-state index < -0.39 is 0 Å². The van der Waals surface area contributed by atoms with Crippen LogP contribution >= 0.6 is 0 Å². The van der Waals surface area contributed by atoms with E-state index in [4.69, 9.17) is 5.73 Å². The van der Waals surface area contributed by atoms with Gasteiger partial charge in [0, 0.05) is 37.8 Å². The molecule has 0 saturated carbocycles. The Kier molecular flexibility index (Phi) is 4.11. The fourth-order valence-corrected chi connectivity index (χ4v) is 3.83. The molecular formula is C17H27N3. The molecular weight excluding hydrogens is 246 g/mol. The minimum absolute atomic E-state index is 0.0933. The molecule has 0 aromatic heterocycles. The fraction of sp³-hybridized carbons (Fsp3) is 0.647. The molecule has 110 valence electrons. The summed E-state index contributed by atoms with van der Waals surface area (Å²) in [4.78, 5) is 5.31. The van der Waals surface area contributed by atoms with E-state index in [-0.39, 0.29) is 5.54 Å². The molecule has 3 heteroatoms. The van der Waals surface area contributed by atoms with Gasteiger partial charge in [-0.2, -0.15) is 0 Å². The highest BCUT2D eigenvalue weighted by molar-refractivity contribution is 5.18. The van der Waals surface area contributed by atoms with Crippen LogP contribution in [0.5, 0.6) is 0 Å². The summed E-state index contributed by atoms with van der Waals surface area (Å²) in [5.41, 5.74) is 7.66. The lowest BCUT2D eigenvalue weighted by Crippen LogP contribution is -2.61. The van der Waals surface area contributed by atoms with Crippen molar-refractivity contribution in [2.45, 2.75) is 37.8 Å². The summed E-state index contributed by atoms with van der Waals surface area (Å²) in [6.07, 6.45) is 3.79. The molecule has 1 aromatic carbocycles. The summed E-state index contributed by atoms with van der Waals surface area (Å²) in [6, 6.07) is 11.5. The van der Waals surface area contributed by atoms with Gasteiger partial charge in [-0.15, -0.1) is 0 Å². The Morgan fingerprint density at radius 1 is 1.20 bits per heavy atom. The summed E-state index contributed by atoms with van der Waals surface area (Å²) in [5, 5.41) is 0. The monoisotopic (exact) mass is 273 g/mol. The Balaban J connectivity index is 1.71. The number of nitrogens with zero attached hydrogens (tertiary/aromatic N) is 2. The van der Waals surface area contributed by atoms with E-state index in [1.54, 1.807) is 0 Å². The summed E-state index contributed by atoms with van der Waals surface area (Å²) < 4.78 is 0. The molecule has 2 atom stereocenters. The van der Waals surface area contributed by atoms with Gasteiger partial charge in [0.2, 0.25) is 0 Å². The van der Waals surface area contributed by atoms with Crippen LogP contribution in [0.2, 0.25) is 0 Å². The van der Waals surface area contributed by atoms with Crippen molar-refractivity contribution in [3.63, 3.8) is 0 Å². The van der Waals surface area contributed by atoms with E-state index in [1.807, 2.05) is 0 Å². The predicted octanol–water partition coefficient (Wildman–Crippen LogP) is 1.73.